The van der Waals surface area contributed by atoms with Crippen LogP contribution in [0.1, 0.15) is 35.3 Å². The SMILES string of the molecule is CN1c2nc(Oc3cccc(OC(F)(F)F)c3)n(Cc3ccc(Cl)cc3)c2C(=O)N(CCC2(O)CC2)C2OC21. The molecular formula is C26H24ClF3N4O5. The maximum atomic E-state index is 14.0. The highest BCUT2D eigenvalue weighted by Crippen LogP contribution is 2.43. The molecule has 2 atom stereocenters. The molecule has 13 heteroatoms. The quantitative estimate of drug-likeness (QED) is 0.394. The summed E-state index contributed by atoms with van der Waals surface area (Å²) in [6.07, 6.45) is -3.97. The van der Waals surface area contributed by atoms with Crippen molar-refractivity contribution in [2.45, 2.75) is 50.2 Å². The van der Waals surface area contributed by atoms with E-state index in [0.717, 1.165) is 17.7 Å². The van der Waals surface area contributed by atoms with Crippen molar-refractivity contribution in [1.82, 2.24) is 14.5 Å². The molecule has 3 aliphatic rings. The maximum absolute atomic E-state index is 14.0. The molecule has 3 heterocycles. The first kappa shape index (κ1) is 25.8. The number of halogens is 4. The summed E-state index contributed by atoms with van der Waals surface area (Å²) >= 11 is 6.05. The lowest BCUT2D eigenvalue weighted by molar-refractivity contribution is -0.274. The minimum Gasteiger partial charge on any atom is -0.425 e. The molecule has 3 aromatic rings. The number of hydrogen-bond acceptors (Lipinski definition) is 7. The first-order chi connectivity index (χ1) is 18.5. The molecule has 2 aromatic carbocycles. The van der Waals surface area contributed by atoms with Crippen molar-refractivity contribution in [3.05, 3.63) is 64.8 Å². The number of aromatic nitrogens is 2. The second-order valence-corrected chi connectivity index (χ2v) is 10.3. The van der Waals surface area contributed by atoms with Crippen molar-refractivity contribution in [2.75, 3.05) is 18.5 Å². The minimum atomic E-state index is -4.87. The molecule has 0 radical (unpaired) electrons. The number of imidazole rings is 1. The van der Waals surface area contributed by atoms with Crippen molar-refractivity contribution in [3.8, 4) is 17.5 Å². The zero-order valence-corrected chi connectivity index (χ0v) is 21.4. The first-order valence-electron chi connectivity index (χ1n) is 12.3. The van der Waals surface area contributed by atoms with E-state index < -0.39 is 30.2 Å². The molecule has 6 rings (SSSR count). The second kappa shape index (κ2) is 9.32. The zero-order valence-electron chi connectivity index (χ0n) is 20.7. The van der Waals surface area contributed by atoms with Gasteiger partial charge in [0.25, 0.3) is 5.91 Å². The van der Waals surface area contributed by atoms with Gasteiger partial charge in [0, 0.05) is 24.7 Å². The van der Waals surface area contributed by atoms with Gasteiger partial charge in [-0.15, -0.1) is 13.2 Å². The summed E-state index contributed by atoms with van der Waals surface area (Å²) < 4.78 is 55.6. The van der Waals surface area contributed by atoms with Gasteiger partial charge in [-0.05, 0) is 49.1 Å². The Morgan fingerprint density at radius 3 is 2.56 bits per heavy atom. The normalized spacial score (nSPS) is 21.2. The Hall–Kier alpha value is -3.48. The Morgan fingerprint density at radius 2 is 1.87 bits per heavy atom. The van der Waals surface area contributed by atoms with Crippen LogP contribution in [0.15, 0.2) is 48.5 Å². The second-order valence-electron chi connectivity index (χ2n) is 9.90. The van der Waals surface area contributed by atoms with Gasteiger partial charge >= 0.3 is 12.4 Å². The highest BCUT2D eigenvalue weighted by atomic mass is 35.5. The van der Waals surface area contributed by atoms with Crippen LogP contribution in [0.2, 0.25) is 5.02 Å². The van der Waals surface area contributed by atoms with Gasteiger partial charge in [0.1, 0.15) is 11.5 Å². The fraction of sp³-hybridized carbons (Fsp3) is 0.385. The molecule has 2 aliphatic heterocycles. The number of ether oxygens (including phenoxy) is 3. The van der Waals surface area contributed by atoms with Crippen molar-refractivity contribution in [1.29, 1.82) is 0 Å². The monoisotopic (exact) mass is 564 g/mol. The predicted octanol–water partition coefficient (Wildman–Crippen LogP) is 4.77. The summed E-state index contributed by atoms with van der Waals surface area (Å²) in [5.41, 5.74) is 0.273. The van der Waals surface area contributed by atoms with Crippen molar-refractivity contribution in [3.63, 3.8) is 0 Å². The van der Waals surface area contributed by atoms with E-state index in [1.165, 1.54) is 12.1 Å². The Labute approximate surface area is 226 Å². The highest BCUT2D eigenvalue weighted by Gasteiger charge is 2.55. The number of amides is 1. The Balaban J connectivity index is 1.38. The lowest BCUT2D eigenvalue weighted by Crippen LogP contribution is -2.38. The smallest absolute Gasteiger partial charge is 0.425 e. The average Bonchev–Trinajstić information content (AvgIpc) is 3.78. The standard InChI is InChI=1S/C26H24ClF3N4O5/c1-32-20-19(21(35)33(23-22(32)38-23)12-11-25(36)9-10-25)34(14-15-5-7-16(27)8-6-15)24(31-20)37-17-3-2-4-18(13-17)39-26(28,29)30/h2-8,13,22-23,36H,9-12,14H2,1H3. The van der Waals surface area contributed by atoms with Crippen LogP contribution in [-0.2, 0) is 11.3 Å². The molecule has 1 aromatic heterocycles. The first-order valence-corrected chi connectivity index (χ1v) is 12.7. The Morgan fingerprint density at radius 1 is 1.15 bits per heavy atom. The fourth-order valence-electron chi connectivity index (χ4n) is 4.65. The van der Waals surface area contributed by atoms with Gasteiger partial charge in [0.2, 0.25) is 0 Å². The number of rotatable bonds is 8. The van der Waals surface area contributed by atoms with Crippen LogP contribution in [0.5, 0.6) is 17.5 Å². The van der Waals surface area contributed by atoms with Crippen LogP contribution in [0.25, 0.3) is 0 Å². The predicted molar refractivity (Wildman–Crippen MR) is 133 cm³/mol. The lowest BCUT2D eigenvalue weighted by Gasteiger charge is -2.22. The molecule has 2 unspecified atom stereocenters. The van der Waals surface area contributed by atoms with E-state index in [1.807, 2.05) is 0 Å². The lowest BCUT2D eigenvalue weighted by atomic mass is 10.2. The van der Waals surface area contributed by atoms with Gasteiger partial charge < -0.3 is 29.1 Å². The van der Waals surface area contributed by atoms with Gasteiger partial charge in [-0.2, -0.15) is 4.98 Å². The van der Waals surface area contributed by atoms with Gasteiger partial charge in [0.15, 0.2) is 24.0 Å². The summed E-state index contributed by atoms with van der Waals surface area (Å²) in [5.74, 6) is -0.454. The van der Waals surface area contributed by atoms with Crippen LogP contribution in [0.4, 0.5) is 19.0 Å². The number of nitrogens with zero attached hydrogens (tertiary/aromatic N) is 4. The van der Waals surface area contributed by atoms with E-state index in [-0.39, 0.29) is 29.9 Å². The maximum Gasteiger partial charge on any atom is 0.573 e. The van der Waals surface area contributed by atoms with E-state index >= 15 is 0 Å². The molecular weight excluding hydrogens is 541 g/mol. The summed E-state index contributed by atoms with van der Waals surface area (Å²) in [6, 6.07) is 12.1. The van der Waals surface area contributed by atoms with Crippen LogP contribution < -0.4 is 14.4 Å². The van der Waals surface area contributed by atoms with Crippen LogP contribution in [0.3, 0.4) is 0 Å². The van der Waals surface area contributed by atoms with Crippen molar-refractivity contribution in [2.24, 2.45) is 0 Å². The van der Waals surface area contributed by atoms with E-state index in [9.17, 15) is 23.1 Å². The summed E-state index contributed by atoms with van der Waals surface area (Å²) in [7, 11) is 1.75. The van der Waals surface area contributed by atoms with E-state index in [0.29, 0.717) is 36.6 Å². The summed E-state index contributed by atoms with van der Waals surface area (Å²) in [5, 5.41) is 10.9. The molecule has 1 saturated carbocycles. The van der Waals surface area contributed by atoms with Crippen molar-refractivity contribution < 1.29 is 37.3 Å². The Kier molecular flexibility index (Phi) is 6.16. The third-order valence-electron chi connectivity index (χ3n) is 6.99. The topological polar surface area (TPSA) is 92.6 Å². The van der Waals surface area contributed by atoms with Gasteiger partial charge in [-0.25, -0.2) is 0 Å². The average molecular weight is 565 g/mol. The molecule has 2 fully saturated rings. The number of epoxide rings is 1. The van der Waals surface area contributed by atoms with Crippen molar-refractivity contribution >= 4 is 23.3 Å². The number of anilines is 1. The number of benzene rings is 2. The molecule has 1 amide bonds. The minimum absolute atomic E-state index is 0.000759. The number of carbonyl (C=O) groups excluding carboxylic acids is 1. The molecule has 1 N–H and O–H groups in total. The Bertz CT molecular complexity index is 1410. The highest BCUT2D eigenvalue weighted by molar-refractivity contribution is 6.30. The van der Waals surface area contributed by atoms with E-state index in [4.69, 9.17) is 21.1 Å². The van der Waals surface area contributed by atoms with E-state index in [2.05, 4.69) is 9.72 Å². The summed E-state index contributed by atoms with van der Waals surface area (Å²) in [6.45, 7) is 0.462. The molecule has 9 nitrogen and oxygen atoms in total. The molecule has 1 aliphatic carbocycles. The van der Waals surface area contributed by atoms with Gasteiger partial charge in [-0.3, -0.25) is 9.36 Å². The molecule has 1 saturated heterocycles. The van der Waals surface area contributed by atoms with Crippen LogP contribution in [0, 0.1) is 0 Å². The third-order valence-corrected chi connectivity index (χ3v) is 7.25. The van der Waals surface area contributed by atoms with Crippen LogP contribution in [-0.4, -0.2) is 63.5 Å². The number of aliphatic hydroxyl groups is 1. The number of carbonyl (C=O) groups is 1. The van der Waals surface area contributed by atoms with Gasteiger partial charge in [-0.1, -0.05) is 29.8 Å². The number of likely N-dealkylation sites (N-methyl/N-ethyl adjacent to an activating group) is 1. The third kappa shape index (κ3) is 5.36. The van der Waals surface area contributed by atoms with Gasteiger partial charge in [0.05, 0.1) is 12.1 Å². The number of alkyl halides is 3. The molecule has 39 heavy (non-hydrogen) atoms. The molecule has 0 bridgehead atoms. The number of hydrogen-bond donors (Lipinski definition) is 1. The van der Waals surface area contributed by atoms with Crippen LogP contribution >= 0.6 is 11.6 Å². The van der Waals surface area contributed by atoms with E-state index in [1.54, 1.807) is 45.7 Å². The number of fused-ring (bicyclic) bond motifs is 2. The molecule has 206 valence electrons. The zero-order chi connectivity index (χ0) is 27.5. The molecule has 0 spiro atoms. The fourth-order valence-corrected chi connectivity index (χ4v) is 4.77. The largest absolute Gasteiger partial charge is 0.573 e. The summed E-state index contributed by atoms with van der Waals surface area (Å²) in [4.78, 5) is 21.9.